The summed E-state index contributed by atoms with van der Waals surface area (Å²) in [5, 5.41) is 0. The van der Waals surface area contributed by atoms with Crippen LogP contribution in [0.25, 0.3) is 0 Å². The van der Waals surface area contributed by atoms with Crippen molar-refractivity contribution in [2.75, 3.05) is 50.6 Å². The summed E-state index contributed by atoms with van der Waals surface area (Å²) in [4.78, 5) is 0.140. The highest BCUT2D eigenvalue weighted by atomic mass is 33.1. The Morgan fingerprint density at radius 1 is 0.812 bits per heavy atom. The van der Waals surface area contributed by atoms with E-state index in [1.54, 1.807) is 0 Å². The molecule has 0 N–H and O–H groups in total. The summed E-state index contributed by atoms with van der Waals surface area (Å²) in [5.41, 5.74) is 0. The van der Waals surface area contributed by atoms with Gasteiger partial charge in [-0.15, -0.1) is 0 Å². The molecule has 0 spiro atoms. The van der Waals surface area contributed by atoms with Gasteiger partial charge < -0.3 is 9.80 Å². The lowest BCUT2D eigenvalue weighted by molar-refractivity contribution is 0.323. The Hall–Kier alpha value is 0.620. The SMILES string of the molecule is [2H]C([2H])([2H])C([2H])([2H])N(CCSSCCN(C([2H])([2H])C([2H])([2H])[2H])C([2H])([2H])C([2H])([2H])[2H])C([2H])([2H])C([2H])([2H])[2H]. The third-order valence-electron chi connectivity index (χ3n) is 1.42. The molecule has 4 heteroatoms. The maximum absolute atomic E-state index is 7.83. The fourth-order valence-corrected chi connectivity index (χ4v) is 2.56. The molecular formula is C12H28N2S2. The minimum atomic E-state index is -3.40. The smallest absolute Gasteiger partial charge is 0.0428 e. The second kappa shape index (κ2) is 12.1. The van der Waals surface area contributed by atoms with E-state index in [1.807, 2.05) is 0 Å². The van der Waals surface area contributed by atoms with Crippen molar-refractivity contribution in [3.63, 3.8) is 0 Å². The topological polar surface area (TPSA) is 6.48 Å². The Balaban J connectivity index is 5.53. The highest BCUT2D eigenvalue weighted by Crippen LogP contribution is 2.20. The molecule has 0 amide bonds. The van der Waals surface area contributed by atoms with Crippen molar-refractivity contribution in [3.05, 3.63) is 0 Å². The molecule has 0 rings (SSSR count). The van der Waals surface area contributed by atoms with Crippen LogP contribution in [-0.2, 0) is 0 Å². The molecule has 0 unspecified atom stereocenters. The Kier molecular flexibility index (Phi) is 2.41. The van der Waals surface area contributed by atoms with Gasteiger partial charge in [0.2, 0.25) is 0 Å². The molecule has 0 aliphatic carbocycles. The standard InChI is InChI=1S/C12H28N2S2/c1-5-13(6-2)9-11-15-16-12-10-14(7-3)8-4/h5-12H2,1-4H3/i1D3,2D3,3D3,4D3,5D2,6D2,7D2,8D2. The lowest BCUT2D eigenvalue weighted by atomic mass is 10.5. The van der Waals surface area contributed by atoms with Gasteiger partial charge in [-0.3, -0.25) is 0 Å². The van der Waals surface area contributed by atoms with Crippen LogP contribution in [0, 0.1) is 0 Å². The van der Waals surface area contributed by atoms with Gasteiger partial charge in [0.25, 0.3) is 0 Å². The summed E-state index contributed by atoms with van der Waals surface area (Å²) in [6, 6.07) is 0. The van der Waals surface area contributed by atoms with E-state index in [1.165, 1.54) is 0 Å². The Bertz CT molecular complexity index is 595. The maximum Gasteiger partial charge on any atom is 0.0428 e. The van der Waals surface area contributed by atoms with Gasteiger partial charge in [-0.2, -0.15) is 0 Å². The second-order valence-electron chi connectivity index (χ2n) is 2.39. The van der Waals surface area contributed by atoms with E-state index < -0.39 is 66.5 Å². The van der Waals surface area contributed by atoms with Gasteiger partial charge in [0.15, 0.2) is 0 Å². The fourth-order valence-electron chi connectivity index (χ4n) is 0.654. The molecule has 0 fully saturated rings. The van der Waals surface area contributed by atoms with Gasteiger partial charge in [0.05, 0.1) is 0 Å². The van der Waals surface area contributed by atoms with Crippen LogP contribution in [0.4, 0.5) is 0 Å². The van der Waals surface area contributed by atoms with Crippen molar-refractivity contribution in [3.8, 4) is 0 Å². The maximum atomic E-state index is 7.83. The average molecular weight is 285 g/mol. The second-order valence-corrected chi connectivity index (χ2v) is 5.10. The van der Waals surface area contributed by atoms with Crippen LogP contribution in [0.2, 0.25) is 0 Å². The van der Waals surface area contributed by atoms with E-state index in [0.717, 1.165) is 21.6 Å². The molecule has 0 aliphatic heterocycles. The summed E-state index contributed by atoms with van der Waals surface area (Å²) >= 11 is 0. The Labute approximate surface area is 138 Å². The van der Waals surface area contributed by atoms with Gasteiger partial charge in [0, 0.05) is 52.0 Å². The van der Waals surface area contributed by atoms with Crippen LogP contribution in [0.3, 0.4) is 0 Å². The van der Waals surface area contributed by atoms with Crippen molar-refractivity contribution in [1.29, 1.82) is 0 Å². The first kappa shape index (κ1) is 3.20. The molecule has 0 saturated heterocycles. The van der Waals surface area contributed by atoms with Crippen molar-refractivity contribution in [2.45, 2.75) is 27.4 Å². The largest absolute Gasteiger partial charge is 0.303 e. The number of rotatable bonds is 11. The summed E-state index contributed by atoms with van der Waals surface area (Å²) in [7, 11) is 1.67. The molecule has 0 aromatic rings. The lowest BCUT2D eigenvalue weighted by Gasteiger charge is -2.18. The first-order valence-electron chi connectivity index (χ1n) is 14.3. The average Bonchev–Trinajstić information content (AvgIpc) is 2.59. The molecular weight excluding hydrogens is 236 g/mol. The number of hydrogen-bond donors (Lipinski definition) is 0. The molecule has 2 nitrogen and oxygen atoms in total. The molecule has 0 saturated carbocycles. The third kappa shape index (κ3) is 8.74. The molecule has 16 heavy (non-hydrogen) atoms. The number of hydrogen-bond acceptors (Lipinski definition) is 4. The van der Waals surface area contributed by atoms with Crippen molar-refractivity contribution >= 4 is 21.6 Å². The summed E-state index contributed by atoms with van der Waals surface area (Å²) < 4.78 is 151. The zero-order chi connectivity index (χ0) is 29.4. The molecule has 98 valence electrons. The molecule has 0 bridgehead atoms. The van der Waals surface area contributed by atoms with E-state index in [9.17, 15) is 0 Å². The van der Waals surface area contributed by atoms with Crippen molar-refractivity contribution in [1.82, 2.24) is 9.80 Å². The van der Waals surface area contributed by atoms with E-state index in [4.69, 9.17) is 27.4 Å². The van der Waals surface area contributed by atoms with Crippen LogP contribution in [0.1, 0.15) is 54.8 Å². The van der Waals surface area contributed by atoms with E-state index >= 15 is 0 Å². The Morgan fingerprint density at radius 2 is 1.19 bits per heavy atom. The molecule has 0 atom stereocenters. The first-order valence-corrected chi connectivity index (χ1v) is 6.76. The van der Waals surface area contributed by atoms with Crippen molar-refractivity contribution in [2.24, 2.45) is 0 Å². The van der Waals surface area contributed by atoms with E-state index in [-0.39, 0.29) is 21.3 Å². The molecule has 0 aromatic heterocycles. The molecule has 0 radical (unpaired) electrons. The van der Waals surface area contributed by atoms with Gasteiger partial charge in [0.1, 0.15) is 0 Å². The zero-order valence-electron chi connectivity index (χ0n) is 28.5. The van der Waals surface area contributed by atoms with Gasteiger partial charge >= 0.3 is 0 Å². The van der Waals surface area contributed by atoms with E-state index in [0.29, 0.717) is 0 Å². The minimum absolute atomic E-state index is 0.0698. The van der Waals surface area contributed by atoms with Crippen LogP contribution in [-0.4, -0.2) is 60.4 Å². The predicted molar refractivity (Wildman–Crippen MR) is 80.5 cm³/mol. The highest BCUT2D eigenvalue weighted by Gasteiger charge is 2.00. The third-order valence-corrected chi connectivity index (χ3v) is 3.78. The molecule has 0 aliphatic rings. The predicted octanol–water partition coefficient (Wildman–Crippen LogP) is 3.05. The first-order chi connectivity index (χ1) is 15.5. The zero-order valence-corrected chi connectivity index (χ0v) is 10.2. The summed E-state index contributed by atoms with van der Waals surface area (Å²) in [6.07, 6.45) is 0. The fraction of sp³-hybridized carbons (Fsp3) is 1.00. The van der Waals surface area contributed by atoms with Gasteiger partial charge in [-0.05, 0) is 26.0 Å². The molecule has 0 aromatic carbocycles. The lowest BCUT2D eigenvalue weighted by Crippen LogP contribution is -2.26. The summed E-state index contributed by atoms with van der Waals surface area (Å²) in [6.45, 7) is -28.4. The minimum Gasteiger partial charge on any atom is -0.303 e. The van der Waals surface area contributed by atoms with Crippen LogP contribution >= 0.6 is 21.6 Å². The van der Waals surface area contributed by atoms with Crippen LogP contribution < -0.4 is 0 Å². The quantitative estimate of drug-likeness (QED) is 0.425. The van der Waals surface area contributed by atoms with Crippen LogP contribution in [0.15, 0.2) is 0 Å². The van der Waals surface area contributed by atoms with E-state index in [2.05, 4.69) is 0 Å². The summed E-state index contributed by atoms with van der Waals surface area (Å²) in [5.74, 6) is -0.484. The molecule has 0 heterocycles. The number of nitrogens with zero attached hydrogens (tertiary/aromatic N) is 2. The monoisotopic (exact) mass is 284 g/mol. The Morgan fingerprint density at radius 3 is 1.50 bits per heavy atom. The van der Waals surface area contributed by atoms with Crippen molar-refractivity contribution < 1.29 is 27.4 Å². The van der Waals surface area contributed by atoms with Crippen LogP contribution in [0.5, 0.6) is 0 Å². The van der Waals surface area contributed by atoms with Gasteiger partial charge in [-0.25, -0.2) is 0 Å². The normalized spacial score (nSPS) is 36.9. The van der Waals surface area contributed by atoms with Gasteiger partial charge in [-0.1, -0.05) is 49.0 Å². The highest BCUT2D eigenvalue weighted by molar-refractivity contribution is 8.76.